The molecule has 0 aliphatic rings. The van der Waals surface area contributed by atoms with Gasteiger partial charge < -0.3 is 14.5 Å². The zero-order valence-electron chi connectivity index (χ0n) is 13.1. The van der Waals surface area contributed by atoms with Crippen molar-refractivity contribution >= 4 is 28.9 Å². The van der Waals surface area contributed by atoms with E-state index in [1.54, 1.807) is 25.3 Å². The SMILES string of the molecule is COc1cc(Cl)c(C)cc1NCc1nnc(-c2ccc(Cl)cc2)o1. The number of aromatic nitrogens is 2. The number of rotatable bonds is 5. The standard InChI is InChI=1S/C17H15Cl2N3O2/c1-10-7-14(15(23-2)8-13(10)19)20-9-16-21-22-17(24-16)11-3-5-12(18)6-4-11/h3-8,20H,9H2,1-2H3. The molecule has 124 valence electrons. The van der Waals surface area contributed by atoms with E-state index in [4.69, 9.17) is 32.4 Å². The smallest absolute Gasteiger partial charge is 0.247 e. The topological polar surface area (TPSA) is 60.2 Å². The number of ether oxygens (including phenoxy) is 1. The third-order valence-electron chi connectivity index (χ3n) is 3.47. The van der Waals surface area contributed by atoms with Crippen molar-refractivity contribution in [2.45, 2.75) is 13.5 Å². The predicted molar refractivity (Wildman–Crippen MR) is 94.8 cm³/mol. The van der Waals surface area contributed by atoms with Crippen LogP contribution in [0.15, 0.2) is 40.8 Å². The van der Waals surface area contributed by atoms with Gasteiger partial charge in [-0.25, -0.2) is 0 Å². The van der Waals surface area contributed by atoms with Gasteiger partial charge in [0.25, 0.3) is 0 Å². The van der Waals surface area contributed by atoms with Gasteiger partial charge in [-0.3, -0.25) is 0 Å². The van der Waals surface area contributed by atoms with E-state index < -0.39 is 0 Å². The van der Waals surface area contributed by atoms with E-state index in [0.29, 0.717) is 34.1 Å². The summed E-state index contributed by atoms with van der Waals surface area (Å²) in [5.74, 6) is 1.57. The van der Waals surface area contributed by atoms with Crippen LogP contribution >= 0.6 is 23.2 Å². The van der Waals surface area contributed by atoms with Crippen LogP contribution in [0.25, 0.3) is 11.5 Å². The van der Waals surface area contributed by atoms with Crippen LogP contribution in [0.3, 0.4) is 0 Å². The van der Waals surface area contributed by atoms with Crippen LogP contribution in [-0.2, 0) is 6.54 Å². The Labute approximate surface area is 149 Å². The van der Waals surface area contributed by atoms with Gasteiger partial charge in [0.2, 0.25) is 11.8 Å². The first kappa shape index (κ1) is 16.6. The third kappa shape index (κ3) is 3.63. The van der Waals surface area contributed by atoms with E-state index >= 15 is 0 Å². The summed E-state index contributed by atoms with van der Waals surface area (Å²) in [6.07, 6.45) is 0. The van der Waals surface area contributed by atoms with Crippen molar-refractivity contribution in [3.8, 4) is 17.2 Å². The van der Waals surface area contributed by atoms with Gasteiger partial charge in [-0.05, 0) is 42.8 Å². The molecule has 2 aromatic carbocycles. The quantitative estimate of drug-likeness (QED) is 0.692. The Kier molecular flexibility index (Phi) is 4.92. The molecule has 0 bridgehead atoms. The van der Waals surface area contributed by atoms with Crippen molar-refractivity contribution in [1.29, 1.82) is 0 Å². The van der Waals surface area contributed by atoms with Crippen LogP contribution < -0.4 is 10.1 Å². The second-order valence-electron chi connectivity index (χ2n) is 5.16. The van der Waals surface area contributed by atoms with E-state index in [1.807, 2.05) is 25.1 Å². The fraction of sp³-hybridized carbons (Fsp3) is 0.176. The molecule has 7 heteroatoms. The van der Waals surface area contributed by atoms with Crippen LogP contribution in [0.5, 0.6) is 5.75 Å². The number of benzene rings is 2. The van der Waals surface area contributed by atoms with Gasteiger partial charge >= 0.3 is 0 Å². The molecule has 0 radical (unpaired) electrons. The largest absolute Gasteiger partial charge is 0.495 e. The molecule has 0 spiro atoms. The van der Waals surface area contributed by atoms with E-state index in [9.17, 15) is 0 Å². The highest BCUT2D eigenvalue weighted by Gasteiger charge is 2.11. The van der Waals surface area contributed by atoms with Crippen molar-refractivity contribution in [2.75, 3.05) is 12.4 Å². The molecular weight excluding hydrogens is 349 g/mol. The van der Waals surface area contributed by atoms with E-state index in [-0.39, 0.29) is 0 Å². The molecular formula is C17H15Cl2N3O2. The molecule has 0 aliphatic carbocycles. The minimum atomic E-state index is 0.373. The first-order valence-corrected chi connectivity index (χ1v) is 7.98. The van der Waals surface area contributed by atoms with Crippen molar-refractivity contribution in [1.82, 2.24) is 10.2 Å². The monoisotopic (exact) mass is 363 g/mol. The molecule has 0 amide bonds. The molecule has 0 fully saturated rings. The zero-order chi connectivity index (χ0) is 17.1. The Hall–Kier alpha value is -2.24. The number of anilines is 1. The van der Waals surface area contributed by atoms with Crippen LogP contribution in [0, 0.1) is 6.92 Å². The molecule has 0 saturated carbocycles. The maximum Gasteiger partial charge on any atom is 0.247 e. The van der Waals surface area contributed by atoms with Crippen LogP contribution in [0.4, 0.5) is 5.69 Å². The van der Waals surface area contributed by atoms with Crippen molar-refractivity contribution in [2.24, 2.45) is 0 Å². The van der Waals surface area contributed by atoms with Gasteiger partial charge in [0, 0.05) is 21.7 Å². The lowest BCUT2D eigenvalue weighted by Gasteiger charge is -2.11. The number of halogens is 2. The van der Waals surface area contributed by atoms with E-state index in [2.05, 4.69) is 15.5 Å². The fourth-order valence-electron chi connectivity index (χ4n) is 2.18. The fourth-order valence-corrected chi connectivity index (χ4v) is 2.45. The highest BCUT2D eigenvalue weighted by atomic mass is 35.5. The number of aryl methyl sites for hydroxylation is 1. The molecule has 0 unspecified atom stereocenters. The van der Waals surface area contributed by atoms with Crippen molar-refractivity contribution < 1.29 is 9.15 Å². The Balaban J connectivity index is 1.74. The lowest BCUT2D eigenvalue weighted by atomic mass is 10.2. The molecule has 0 atom stereocenters. The van der Waals surface area contributed by atoms with Crippen molar-refractivity contribution in [3.05, 3.63) is 57.9 Å². The molecule has 5 nitrogen and oxygen atoms in total. The number of nitrogens with zero attached hydrogens (tertiary/aromatic N) is 2. The normalized spacial score (nSPS) is 10.7. The predicted octanol–water partition coefficient (Wildman–Crippen LogP) is 4.97. The molecule has 24 heavy (non-hydrogen) atoms. The second-order valence-corrected chi connectivity index (χ2v) is 6.01. The average Bonchev–Trinajstić information content (AvgIpc) is 3.05. The summed E-state index contributed by atoms with van der Waals surface area (Å²) in [6.45, 7) is 2.30. The molecule has 1 aromatic heterocycles. The van der Waals surface area contributed by atoms with Crippen LogP contribution in [0.1, 0.15) is 11.5 Å². The lowest BCUT2D eigenvalue weighted by Crippen LogP contribution is -2.02. The Bertz CT molecular complexity index is 848. The average molecular weight is 364 g/mol. The van der Waals surface area contributed by atoms with Crippen LogP contribution in [-0.4, -0.2) is 17.3 Å². The van der Waals surface area contributed by atoms with Gasteiger partial charge in [-0.15, -0.1) is 10.2 Å². The Morgan fingerprint density at radius 2 is 1.88 bits per heavy atom. The van der Waals surface area contributed by atoms with Gasteiger partial charge in [0.15, 0.2) is 0 Å². The third-order valence-corrected chi connectivity index (χ3v) is 4.13. The van der Waals surface area contributed by atoms with Gasteiger partial charge in [-0.2, -0.15) is 0 Å². The summed E-state index contributed by atoms with van der Waals surface area (Å²) in [6, 6.07) is 10.9. The summed E-state index contributed by atoms with van der Waals surface area (Å²) >= 11 is 12.0. The number of hydrogen-bond acceptors (Lipinski definition) is 5. The zero-order valence-corrected chi connectivity index (χ0v) is 14.6. The highest BCUT2D eigenvalue weighted by molar-refractivity contribution is 6.31. The summed E-state index contributed by atoms with van der Waals surface area (Å²) in [5, 5.41) is 12.6. The van der Waals surface area contributed by atoms with E-state index in [0.717, 1.165) is 16.8 Å². The molecule has 0 aliphatic heterocycles. The molecule has 0 saturated heterocycles. The first-order chi connectivity index (χ1) is 11.6. The molecule has 3 rings (SSSR count). The number of methoxy groups -OCH3 is 1. The molecule has 1 heterocycles. The maximum absolute atomic E-state index is 6.11. The summed E-state index contributed by atoms with van der Waals surface area (Å²) in [5.41, 5.74) is 2.58. The highest BCUT2D eigenvalue weighted by Crippen LogP contribution is 2.31. The lowest BCUT2D eigenvalue weighted by molar-refractivity contribution is 0.416. The molecule has 1 N–H and O–H groups in total. The van der Waals surface area contributed by atoms with Gasteiger partial charge in [0.05, 0.1) is 19.3 Å². The number of nitrogens with one attached hydrogen (secondary N) is 1. The second kappa shape index (κ2) is 7.11. The van der Waals surface area contributed by atoms with E-state index in [1.165, 1.54) is 0 Å². The minimum Gasteiger partial charge on any atom is -0.495 e. The summed E-state index contributed by atoms with van der Waals surface area (Å²) in [4.78, 5) is 0. The first-order valence-electron chi connectivity index (χ1n) is 7.23. The van der Waals surface area contributed by atoms with Crippen LogP contribution in [0.2, 0.25) is 10.0 Å². The van der Waals surface area contributed by atoms with Crippen molar-refractivity contribution in [3.63, 3.8) is 0 Å². The molecule has 3 aromatic rings. The Morgan fingerprint density at radius 3 is 2.58 bits per heavy atom. The maximum atomic E-state index is 6.11. The minimum absolute atomic E-state index is 0.373. The van der Waals surface area contributed by atoms with Gasteiger partial charge in [0.1, 0.15) is 5.75 Å². The van der Waals surface area contributed by atoms with Gasteiger partial charge in [-0.1, -0.05) is 23.2 Å². The Morgan fingerprint density at radius 1 is 1.12 bits per heavy atom. The number of hydrogen-bond donors (Lipinski definition) is 1. The summed E-state index contributed by atoms with van der Waals surface area (Å²) in [7, 11) is 1.59. The summed E-state index contributed by atoms with van der Waals surface area (Å²) < 4.78 is 11.0.